The first kappa shape index (κ1) is 14.1. The lowest BCUT2D eigenvalue weighted by Crippen LogP contribution is -2.31. The van der Waals surface area contributed by atoms with Crippen LogP contribution in [-0.4, -0.2) is 49.3 Å². The number of sulfonamides is 1. The van der Waals surface area contributed by atoms with Crippen molar-refractivity contribution in [3.8, 4) is 0 Å². The molecule has 0 unspecified atom stereocenters. The van der Waals surface area contributed by atoms with Gasteiger partial charge in [-0.05, 0) is 6.92 Å². The second-order valence-electron chi connectivity index (χ2n) is 3.23. The zero-order chi connectivity index (χ0) is 13.9. The van der Waals surface area contributed by atoms with Gasteiger partial charge in [0, 0.05) is 0 Å². The third-order valence-electron chi connectivity index (χ3n) is 2.00. The van der Waals surface area contributed by atoms with Crippen LogP contribution in [0.5, 0.6) is 0 Å². The summed E-state index contributed by atoms with van der Waals surface area (Å²) in [5.41, 5.74) is -0.574. The molecule has 1 rings (SSSR count). The summed E-state index contributed by atoms with van der Waals surface area (Å²) in [5.74, 6) is -2.28. The van der Waals surface area contributed by atoms with Crippen molar-refractivity contribution in [2.24, 2.45) is 0 Å². The molecule has 0 saturated heterocycles. The molecule has 100 valence electrons. The highest BCUT2D eigenvalue weighted by Crippen LogP contribution is 2.17. The van der Waals surface area contributed by atoms with Gasteiger partial charge in [-0.3, -0.25) is 9.89 Å². The lowest BCUT2D eigenvalue weighted by atomic mass is 10.4. The summed E-state index contributed by atoms with van der Waals surface area (Å²) in [7, 11) is -3.05. The number of nitrogens with zero attached hydrogens (tertiary/aromatic N) is 1. The van der Waals surface area contributed by atoms with E-state index in [0.717, 1.165) is 7.11 Å². The molecule has 0 aromatic carbocycles. The molecule has 0 amide bonds. The molecule has 1 aromatic heterocycles. The van der Waals surface area contributed by atoms with Gasteiger partial charge in [0.2, 0.25) is 10.0 Å². The Kier molecular flexibility index (Phi) is 4.03. The summed E-state index contributed by atoms with van der Waals surface area (Å²) < 4.78 is 29.8. The molecule has 0 atom stereocenters. The molecule has 3 N–H and O–H groups in total. The number of aromatic carboxylic acids is 1. The quantitative estimate of drug-likeness (QED) is 0.578. The number of esters is 1. The number of carbonyl (C=O) groups excluding carboxylic acids is 1. The third-order valence-corrected chi connectivity index (χ3v) is 3.56. The highest BCUT2D eigenvalue weighted by molar-refractivity contribution is 7.89. The van der Waals surface area contributed by atoms with Gasteiger partial charge < -0.3 is 9.84 Å². The molecule has 9 nitrogen and oxygen atoms in total. The highest BCUT2D eigenvalue weighted by atomic mass is 32.2. The number of carboxylic acids is 1. The topological polar surface area (TPSA) is 138 Å². The van der Waals surface area contributed by atoms with Crippen LogP contribution in [0.15, 0.2) is 4.90 Å². The summed E-state index contributed by atoms with van der Waals surface area (Å²) in [6.45, 7) is 0.759. The van der Waals surface area contributed by atoms with Crippen molar-refractivity contribution in [2.45, 2.75) is 11.8 Å². The highest BCUT2D eigenvalue weighted by Gasteiger charge is 2.28. The Bertz CT molecular complexity index is 576. The van der Waals surface area contributed by atoms with E-state index in [4.69, 9.17) is 5.11 Å². The lowest BCUT2D eigenvalue weighted by Gasteiger charge is -2.05. The summed E-state index contributed by atoms with van der Waals surface area (Å²) >= 11 is 0. The molecule has 0 fully saturated rings. The average Bonchev–Trinajstić information content (AvgIpc) is 2.69. The zero-order valence-corrected chi connectivity index (χ0v) is 10.4. The number of nitrogens with one attached hydrogen (secondary N) is 2. The van der Waals surface area contributed by atoms with E-state index in [1.807, 2.05) is 4.72 Å². The maximum absolute atomic E-state index is 11.8. The Labute approximate surface area is 102 Å². The fourth-order valence-electron chi connectivity index (χ4n) is 1.19. The monoisotopic (exact) mass is 277 g/mol. The minimum Gasteiger partial charge on any atom is -0.476 e. The summed E-state index contributed by atoms with van der Waals surface area (Å²) in [6, 6.07) is 0. The van der Waals surface area contributed by atoms with Crippen LogP contribution in [0.4, 0.5) is 0 Å². The van der Waals surface area contributed by atoms with E-state index in [1.165, 1.54) is 6.92 Å². The molecule has 0 saturated carbocycles. The Morgan fingerprint density at radius 1 is 1.50 bits per heavy atom. The maximum atomic E-state index is 11.8. The molecule has 10 heteroatoms. The Balaban J connectivity index is 3.09. The van der Waals surface area contributed by atoms with E-state index in [9.17, 15) is 18.0 Å². The van der Waals surface area contributed by atoms with Crippen LogP contribution in [0.25, 0.3) is 0 Å². The summed E-state index contributed by atoms with van der Waals surface area (Å²) in [6.07, 6.45) is 0. The molecular weight excluding hydrogens is 266 g/mol. The molecule has 1 aromatic rings. The number of H-pyrrole nitrogens is 1. The number of hydrogen-bond donors (Lipinski definition) is 3. The number of aryl methyl sites for hydroxylation is 1. The van der Waals surface area contributed by atoms with E-state index < -0.39 is 39.1 Å². The number of aromatic amines is 1. The minimum atomic E-state index is -4.15. The maximum Gasteiger partial charge on any atom is 0.357 e. The van der Waals surface area contributed by atoms with Crippen LogP contribution in [-0.2, 0) is 19.6 Å². The fraction of sp³-hybridized carbons (Fsp3) is 0.375. The van der Waals surface area contributed by atoms with E-state index in [2.05, 4.69) is 14.9 Å². The van der Waals surface area contributed by atoms with Gasteiger partial charge in [0.05, 0.1) is 12.8 Å². The molecule has 0 radical (unpaired) electrons. The predicted molar refractivity (Wildman–Crippen MR) is 57.5 cm³/mol. The van der Waals surface area contributed by atoms with Gasteiger partial charge in [-0.15, -0.1) is 0 Å². The number of hydrogen-bond acceptors (Lipinski definition) is 6. The standard InChI is InChI=1S/C8H11N3O6S/c1-4-7(6(8(13)14)11-10-4)18(15,16)9-3-5(12)17-2/h9H,3H2,1-2H3,(H,10,11)(H,13,14). The van der Waals surface area contributed by atoms with Crippen LogP contribution in [0.3, 0.4) is 0 Å². The lowest BCUT2D eigenvalue weighted by molar-refractivity contribution is -0.139. The van der Waals surface area contributed by atoms with E-state index >= 15 is 0 Å². The molecule has 18 heavy (non-hydrogen) atoms. The number of carboxylic acid groups (broad SMARTS) is 1. The third kappa shape index (κ3) is 2.84. The summed E-state index contributed by atoms with van der Waals surface area (Å²) in [5, 5.41) is 14.4. The van der Waals surface area contributed by atoms with Crippen molar-refractivity contribution in [3.63, 3.8) is 0 Å². The van der Waals surface area contributed by atoms with Crippen LogP contribution in [0.2, 0.25) is 0 Å². The smallest absolute Gasteiger partial charge is 0.357 e. The fourth-order valence-corrected chi connectivity index (χ4v) is 2.48. The van der Waals surface area contributed by atoms with E-state index in [1.54, 1.807) is 0 Å². The van der Waals surface area contributed by atoms with Gasteiger partial charge in [0.25, 0.3) is 0 Å². The predicted octanol–water partition coefficient (Wildman–Crippen LogP) is -1.13. The molecule has 0 aliphatic heterocycles. The van der Waals surface area contributed by atoms with E-state index in [0.29, 0.717) is 0 Å². The molecule has 0 aliphatic rings. The van der Waals surface area contributed by atoms with Crippen molar-refractivity contribution >= 4 is 22.0 Å². The van der Waals surface area contributed by atoms with Gasteiger partial charge in [0.1, 0.15) is 11.4 Å². The molecule has 1 heterocycles. The van der Waals surface area contributed by atoms with Gasteiger partial charge in [-0.2, -0.15) is 9.82 Å². The van der Waals surface area contributed by atoms with E-state index in [-0.39, 0.29) is 5.69 Å². The van der Waals surface area contributed by atoms with Crippen molar-refractivity contribution in [1.82, 2.24) is 14.9 Å². The largest absolute Gasteiger partial charge is 0.476 e. The second-order valence-corrected chi connectivity index (χ2v) is 4.94. The van der Waals surface area contributed by atoms with Gasteiger partial charge in [-0.25, -0.2) is 13.2 Å². The molecule has 0 aliphatic carbocycles. The number of aromatic nitrogens is 2. The van der Waals surface area contributed by atoms with Crippen LogP contribution >= 0.6 is 0 Å². The van der Waals surface area contributed by atoms with Crippen molar-refractivity contribution in [3.05, 3.63) is 11.4 Å². The first-order chi connectivity index (χ1) is 8.29. The van der Waals surface area contributed by atoms with Crippen molar-refractivity contribution in [1.29, 1.82) is 0 Å². The summed E-state index contributed by atoms with van der Waals surface area (Å²) in [4.78, 5) is 21.2. The zero-order valence-electron chi connectivity index (χ0n) is 9.55. The van der Waals surface area contributed by atoms with Crippen LogP contribution < -0.4 is 4.72 Å². The molecule has 0 bridgehead atoms. The Hall–Kier alpha value is -1.94. The van der Waals surface area contributed by atoms with Gasteiger partial charge in [0.15, 0.2) is 5.69 Å². The SMILES string of the molecule is COC(=O)CNS(=O)(=O)c1c(C(=O)O)n[nH]c1C. The minimum absolute atomic E-state index is 0.0600. The average molecular weight is 277 g/mol. The number of methoxy groups -OCH3 is 1. The molecular formula is C8H11N3O6S. The number of ether oxygens (including phenoxy) is 1. The normalized spacial score (nSPS) is 11.2. The first-order valence-corrected chi connectivity index (χ1v) is 6.12. The van der Waals surface area contributed by atoms with Crippen LogP contribution in [0, 0.1) is 6.92 Å². The molecule has 0 spiro atoms. The second kappa shape index (κ2) is 5.14. The number of rotatable bonds is 5. The van der Waals surface area contributed by atoms with Crippen LogP contribution in [0.1, 0.15) is 16.2 Å². The van der Waals surface area contributed by atoms with Gasteiger partial charge in [-0.1, -0.05) is 0 Å². The first-order valence-electron chi connectivity index (χ1n) is 4.64. The Morgan fingerprint density at radius 3 is 2.61 bits per heavy atom. The number of carbonyl (C=O) groups is 2. The van der Waals surface area contributed by atoms with Gasteiger partial charge >= 0.3 is 11.9 Å². The Morgan fingerprint density at radius 2 is 2.11 bits per heavy atom. The van der Waals surface area contributed by atoms with Crippen molar-refractivity contribution < 1.29 is 27.9 Å². The van der Waals surface area contributed by atoms with Crippen molar-refractivity contribution in [2.75, 3.05) is 13.7 Å².